The number of rotatable bonds is 9. The maximum Gasteiger partial charge on any atom is 0.223 e. The second kappa shape index (κ2) is 11.7. The van der Waals surface area contributed by atoms with Crippen LogP contribution >= 0.6 is 11.8 Å². The number of ketones is 1. The lowest BCUT2D eigenvalue weighted by Gasteiger charge is -2.33. The van der Waals surface area contributed by atoms with Crippen LogP contribution in [0.15, 0.2) is 53.9 Å². The summed E-state index contributed by atoms with van der Waals surface area (Å²) >= 11 is 1.61. The number of halogens is 1. The molecule has 1 saturated heterocycles. The largest absolute Gasteiger partial charge is 0.490 e. The first-order valence-electron chi connectivity index (χ1n) is 10.2. The Kier molecular flexibility index (Phi) is 8.67. The lowest BCUT2D eigenvalue weighted by molar-refractivity contribution is -0.139. The lowest BCUT2D eigenvalue weighted by atomic mass is 10.1. The summed E-state index contributed by atoms with van der Waals surface area (Å²) in [6, 6.07) is 13.9. The van der Waals surface area contributed by atoms with Crippen LogP contribution in [0, 0.1) is 5.82 Å². The highest BCUT2D eigenvalue weighted by Crippen LogP contribution is 2.21. The average Bonchev–Trinajstić information content (AvgIpc) is 2.78. The van der Waals surface area contributed by atoms with Gasteiger partial charge in [-0.05, 0) is 42.2 Å². The van der Waals surface area contributed by atoms with Gasteiger partial charge in [-0.1, -0.05) is 30.3 Å². The van der Waals surface area contributed by atoms with Crippen LogP contribution in [-0.2, 0) is 9.53 Å². The zero-order valence-corrected chi connectivity index (χ0v) is 18.3. The van der Waals surface area contributed by atoms with Crippen LogP contribution in [0.3, 0.4) is 0 Å². The number of hydrogen-bond acceptors (Lipinski definition) is 5. The van der Waals surface area contributed by atoms with Crippen LogP contribution in [0.5, 0.6) is 5.75 Å². The first kappa shape index (κ1) is 23.0. The minimum atomic E-state index is -0.486. The molecule has 0 spiro atoms. The van der Waals surface area contributed by atoms with Crippen LogP contribution in [0.25, 0.3) is 6.08 Å². The lowest BCUT2D eigenvalue weighted by Crippen LogP contribution is -2.47. The molecule has 0 radical (unpaired) electrons. The highest BCUT2D eigenvalue weighted by molar-refractivity contribution is 8.02. The highest BCUT2D eigenvalue weighted by Gasteiger charge is 2.25. The molecule has 1 aliphatic heterocycles. The van der Waals surface area contributed by atoms with E-state index in [4.69, 9.17) is 9.47 Å². The van der Waals surface area contributed by atoms with Crippen molar-refractivity contribution >= 4 is 29.5 Å². The second-order valence-electron chi connectivity index (χ2n) is 7.17. The number of amides is 1. The zero-order valence-electron chi connectivity index (χ0n) is 17.5. The van der Waals surface area contributed by atoms with E-state index in [1.165, 1.54) is 25.1 Å². The average molecular weight is 444 g/mol. The van der Waals surface area contributed by atoms with Crippen molar-refractivity contribution in [2.24, 2.45) is 0 Å². The van der Waals surface area contributed by atoms with Crippen LogP contribution in [0.1, 0.15) is 29.3 Å². The number of ether oxygens (including phenoxy) is 2. The first-order valence-corrected chi connectivity index (χ1v) is 11.2. The molecule has 2 aromatic rings. The maximum absolute atomic E-state index is 13.4. The summed E-state index contributed by atoms with van der Waals surface area (Å²) in [6.07, 6.45) is 2.18. The number of benzene rings is 2. The monoisotopic (exact) mass is 443 g/mol. The van der Waals surface area contributed by atoms with E-state index < -0.39 is 5.82 Å². The summed E-state index contributed by atoms with van der Waals surface area (Å²) in [7, 11) is 0. The van der Waals surface area contributed by atoms with Gasteiger partial charge in [0.25, 0.3) is 0 Å². The standard InChI is InChI=1S/C24H26FNO4S/c1-18(27)22-15-20(25)7-8-23(22)30-17-21-16-26(11-12-29-21)24(28)10-14-31-13-9-19-5-3-2-4-6-19/h2-9,13,15,21H,10-12,14,16-17H2,1H3. The van der Waals surface area contributed by atoms with Gasteiger partial charge >= 0.3 is 0 Å². The third-order valence-corrected chi connectivity index (χ3v) is 5.60. The Bertz CT molecular complexity index is 919. The Morgan fingerprint density at radius 2 is 2.06 bits per heavy atom. The van der Waals surface area contributed by atoms with E-state index in [1.807, 2.05) is 41.8 Å². The smallest absolute Gasteiger partial charge is 0.223 e. The normalized spacial score (nSPS) is 16.5. The Labute approximate surface area is 186 Å². The molecule has 0 N–H and O–H groups in total. The zero-order chi connectivity index (χ0) is 22.1. The molecule has 7 heteroatoms. The van der Waals surface area contributed by atoms with Gasteiger partial charge in [-0.25, -0.2) is 4.39 Å². The summed E-state index contributed by atoms with van der Waals surface area (Å²) in [6.45, 7) is 2.97. The van der Waals surface area contributed by atoms with Gasteiger partial charge in [0.15, 0.2) is 5.78 Å². The van der Waals surface area contributed by atoms with E-state index in [0.29, 0.717) is 37.6 Å². The van der Waals surface area contributed by atoms with E-state index in [-0.39, 0.29) is 30.0 Å². The van der Waals surface area contributed by atoms with Crippen molar-refractivity contribution in [1.82, 2.24) is 4.90 Å². The Balaban J connectivity index is 1.43. The topological polar surface area (TPSA) is 55.8 Å². The van der Waals surface area contributed by atoms with Crippen molar-refractivity contribution in [1.29, 1.82) is 0 Å². The van der Waals surface area contributed by atoms with Crippen LogP contribution in [0.4, 0.5) is 4.39 Å². The molecule has 1 aliphatic rings. The summed E-state index contributed by atoms with van der Waals surface area (Å²) in [5, 5.41) is 2.01. The molecule has 0 bridgehead atoms. The SMILES string of the molecule is CC(=O)c1cc(F)ccc1OCC1CN(C(=O)CCSC=Cc2ccccc2)CCO1. The fourth-order valence-corrected chi connectivity index (χ4v) is 3.88. The predicted molar refractivity (Wildman–Crippen MR) is 121 cm³/mol. The van der Waals surface area contributed by atoms with Gasteiger partial charge in [0.1, 0.15) is 24.3 Å². The molecule has 0 saturated carbocycles. The molecule has 1 amide bonds. The van der Waals surface area contributed by atoms with Crippen molar-refractivity contribution in [3.63, 3.8) is 0 Å². The Morgan fingerprint density at radius 1 is 1.26 bits per heavy atom. The van der Waals surface area contributed by atoms with Crippen molar-refractivity contribution < 1.29 is 23.5 Å². The molecule has 0 aromatic heterocycles. The molecule has 164 valence electrons. The molecular weight excluding hydrogens is 417 g/mol. The van der Waals surface area contributed by atoms with Crippen LogP contribution in [-0.4, -0.2) is 54.8 Å². The summed E-state index contributed by atoms with van der Waals surface area (Å²) in [4.78, 5) is 26.0. The minimum Gasteiger partial charge on any atom is -0.490 e. The highest BCUT2D eigenvalue weighted by atomic mass is 32.2. The van der Waals surface area contributed by atoms with Gasteiger partial charge in [-0.3, -0.25) is 9.59 Å². The number of hydrogen-bond donors (Lipinski definition) is 0. The fraction of sp³-hybridized carbons (Fsp3) is 0.333. The molecule has 2 aromatic carbocycles. The van der Waals surface area contributed by atoms with E-state index in [0.717, 1.165) is 5.56 Å². The number of Topliss-reactive ketones (excluding diaryl/α,β-unsaturated/α-hetero) is 1. The molecule has 1 heterocycles. The van der Waals surface area contributed by atoms with E-state index in [9.17, 15) is 14.0 Å². The van der Waals surface area contributed by atoms with E-state index in [2.05, 4.69) is 0 Å². The van der Waals surface area contributed by atoms with Gasteiger partial charge in [-0.2, -0.15) is 0 Å². The first-order chi connectivity index (χ1) is 15.0. The molecule has 1 fully saturated rings. The molecule has 0 aliphatic carbocycles. The minimum absolute atomic E-state index is 0.0834. The van der Waals surface area contributed by atoms with Crippen LogP contribution < -0.4 is 4.74 Å². The molecule has 1 atom stereocenters. The maximum atomic E-state index is 13.4. The van der Waals surface area contributed by atoms with Crippen LogP contribution in [0.2, 0.25) is 0 Å². The molecule has 5 nitrogen and oxygen atoms in total. The second-order valence-corrected chi connectivity index (χ2v) is 8.19. The van der Waals surface area contributed by atoms with Crippen molar-refractivity contribution in [3.8, 4) is 5.75 Å². The van der Waals surface area contributed by atoms with Gasteiger partial charge in [-0.15, -0.1) is 11.8 Å². The van der Waals surface area contributed by atoms with E-state index in [1.54, 1.807) is 16.7 Å². The summed E-state index contributed by atoms with van der Waals surface area (Å²) in [5.41, 5.74) is 1.33. The van der Waals surface area contributed by atoms with Crippen molar-refractivity contribution in [2.75, 3.05) is 32.1 Å². The van der Waals surface area contributed by atoms with E-state index >= 15 is 0 Å². The molecule has 3 rings (SSSR count). The number of thioether (sulfide) groups is 1. The fourth-order valence-electron chi connectivity index (χ4n) is 3.20. The third-order valence-electron chi connectivity index (χ3n) is 4.83. The molecular formula is C24H26FNO4S. The van der Waals surface area contributed by atoms with Gasteiger partial charge in [0.2, 0.25) is 5.91 Å². The van der Waals surface area contributed by atoms with Crippen molar-refractivity contribution in [2.45, 2.75) is 19.4 Å². The van der Waals surface area contributed by atoms with Gasteiger partial charge < -0.3 is 14.4 Å². The summed E-state index contributed by atoms with van der Waals surface area (Å²) in [5.74, 6) is 0.357. The number of carbonyl (C=O) groups is 2. The van der Waals surface area contributed by atoms with Gasteiger partial charge in [0.05, 0.1) is 18.7 Å². The molecule has 1 unspecified atom stereocenters. The third kappa shape index (κ3) is 7.22. The molecule has 31 heavy (non-hydrogen) atoms. The quantitative estimate of drug-likeness (QED) is 0.424. The number of morpholine rings is 1. The Morgan fingerprint density at radius 3 is 2.84 bits per heavy atom. The number of nitrogens with zero attached hydrogens (tertiary/aromatic N) is 1. The summed E-state index contributed by atoms with van der Waals surface area (Å²) < 4.78 is 24.8. The van der Waals surface area contributed by atoms with Gasteiger partial charge in [0, 0.05) is 18.7 Å². The van der Waals surface area contributed by atoms with Crippen molar-refractivity contribution in [3.05, 3.63) is 70.9 Å². The predicted octanol–water partition coefficient (Wildman–Crippen LogP) is 4.43. The number of carbonyl (C=O) groups excluding carboxylic acids is 2. The Hall–Kier alpha value is -2.64.